The predicted octanol–water partition coefficient (Wildman–Crippen LogP) is 4.33. The fourth-order valence-electron chi connectivity index (χ4n) is 4.09. The lowest BCUT2D eigenvalue weighted by Gasteiger charge is -2.34. The van der Waals surface area contributed by atoms with E-state index in [4.69, 9.17) is 0 Å². The van der Waals surface area contributed by atoms with Crippen molar-refractivity contribution in [2.45, 2.75) is 38.2 Å². The van der Waals surface area contributed by atoms with Crippen LogP contribution in [0, 0.1) is 12.7 Å². The summed E-state index contributed by atoms with van der Waals surface area (Å²) in [4.78, 5) is 13.8. The van der Waals surface area contributed by atoms with Gasteiger partial charge >= 0.3 is 0 Å². The number of nitrogens with zero attached hydrogens (tertiary/aromatic N) is 4. The number of aryl methyl sites for hydroxylation is 1. The summed E-state index contributed by atoms with van der Waals surface area (Å²) in [7, 11) is -1.26. The smallest absolute Gasteiger partial charge is 0.227 e. The van der Waals surface area contributed by atoms with Gasteiger partial charge in [0.05, 0.1) is 16.7 Å². The number of sulfone groups is 1. The van der Waals surface area contributed by atoms with Crippen LogP contribution in [-0.2, 0) is 22.0 Å². The summed E-state index contributed by atoms with van der Waals surface area (Å²) < 4.78 is 39.0. The van der Waals surface area contributed by atoms with Crippen molar-refractivity contribution in [1.29, 1.82) is 0 Å². The van der Waals surface area contributed by atoms with Crippen molar-refractivity contribution in [2.75, 3.05) is 43.4 Å². The van der Waals surface area contributed by atoms with E-state index in [1.807, 2.05) is 19.1 Å². The van der Waals surface area contributed by atoms with E-state index in [9.17, 15) is 12.8 Å². The lowest BCUT2D eigenvalue weighted by atomic mass is 10.0. The van der Waals surface area contributed by atoms with Gasteiger partial charge in [-0.3, -0.25) is 0 Å². The molecule has 1 N–H and O–H groups in total. The molecule has 0 bridgehead atoms. The Kier molecular flexibility index (Phi) is 7.90. The summed E-state index contributed by atoms with van der Waals surface area (Å²) in [5, 5.41) is 2.71. The number of benzene rings is 2. The average Bonchev–Trinajstić information content (AvgIpc) is 2.84. The Labute approximate surface area is 213 Å². The maximum Gasteiger partial charge on any atom is 0.227 e. The maximum atomic E-state index is 14.3. The summed E-state index contributed by atoms with van der Waals surface area (Å²) in [5.41, 5.74) is 4.79. The monoisotopic (exact) mass is 511 g/mol. The van der Waals surface area contributed by atoms with Gasteiger partial charge in [-0.1, -0.05) is 12.1 Å². The molecule has 9 heteroatoms. The van der Waals surface area contributed by atoms with Crippen LogP contribution in [-0.4, -0.2) is 61.8 Å². The van der Waals surface area contributed by atoms with Crippen LogP contribution >= 0.6 is 0 Å². The van der Waals surface area contributed by atoms with Crippen LogP contribution in [0.2, 0.25) is 0 Å². The highest BCUT2D eigenvalue weighted by Gasteiger charge is 2.20. The SMILES string of the molecule is Cc1cnc(Nc2ccc(N3CCN(C)CC3)cc2)nc1Cc1ccc(F)c(CS(=O)(=O)C(C)C)c1. The molecule has 2 heterocycles. The number of likely N-dealkylation sites (N-methyl/N-ethyl adjacent to an activating group) is 1. The third-order valence-corrected chi connectivity index (χ3v) is 8.77. The van der Waals surface area contributed by atoms with Crippen molar-refractivity contribution >= 4 is 27.2 Å². The Morgan fingerprint density at radius 2 is 1.75 bits per heavy atom. The molecule has 1 aliphatic heterocycles. The molecule has 1 fully saturated rings. The molecule has 4 rings (SSSR count). The van der Waals surface area contributed by atoms with Crippen LogP contribution < -0.4 is 10.2 Å². The predicted molar refractivity (Wildman–Crippen MR) is 143 cm³/mol. The maximum absolute atomic E-state index is 14.3. The van der Waals surface area contributed by atoms with Crippen LogP contribution in [0.3, 0.4) is 0 Å². The van der Waals surface area contributed by atoms with E-state index in [0.717, 1.165) is 48.7 Å². The molecule has 1 aromatic heterocycles. The highest BCUT2D eigenvalue weighted by molar-refractivity contribution is 7.91. The zero-order valence-corrected chi connectivity index (χ0v) is 22.1. The molecule has 3 aromatic rings. The first kappa shape index (κ1) is 26.0. The Morgan fingerprint density at radius 3 is 2.42 bits per heavy atom. The minimum atomic E-state index is -3.41. The van der Waals surface area contributed by atoms with Gasteiger partial charge < -0.3 is 15.1 Å². The molecule has 192 valence electrons. The summed E-state index contributed by atoms with van der Waals surface area (Å²) in [6, 6.07) is 12.9. The number of piperazine rings is 1. The number of nitrogens with one attached hydrogen (secondary N) is 1. The van der Waals surface area contributed by atoms with Crippen LogP contribution in [0.1, 0.15) is 36.2 Å². The number of aromatic nitrogens is 2. The Bertz CT molecular complexity index is 1300. The lowest BCUT2D eigenvalue weighted by Crippen LogP contribution is -2.44. The highest BCUT2D eigenvalue weighted by Crippen LogP contribution is 2.23. The minimum absolute atomic E-state index is 0.187. The lowest BCUT2D eigenvalue weighted by molar-refractivity contribution is 0.313. The number of hydrogen-bond acceptors (Lipinski definition) is 7. The topological polar surface area (TPSA) is 78.4 Å². The van der Waals surface area contributed by atoms with Crippen LogP contribution in [0.15, 0.2) is 48.7 Å². The summed E-state index contributed by atoms with van der Waals surface area (Å²) >= 11 is 0. The fourth-order valence-corrected chi connectivity index (χ4v) is 5.08. The molecule has 0 unspecified atom stereocenters. The number of hydrogen-bond donors (Lipinski definition) is 1. The van der Waals surface area contributed by atoms with Crippen molar-refractivity contribution < 1.29 is 12.8 Å². The zero-order chi connectivity index (χ0) is 25.9. The molecule has 0 amide bonds. The van der Waals surface area contributed by atoms with Crippen molar-refractivity contribution in [3.05, 3.63) is 76.9 Å². The second-order valence-corrected chi connectivity index (χ2v) is 12.3. The molecule has 1 aliphatic rings. The molecule has 0 saturated carbocycles. The summed E-state index contributed by atoms with van der Waals surface area (Å²) in [6.45, 7) is 9.29. The van der Waals surface area contributed by atoms with E-state index < -0.39 is 20.9 Å². The van der Waals surface area contributed by atoms with Gasteiger partial charge in [0.15, 0.2) is 9.84 Å². The molecule has 0 atom stereocenters. The minimum Gasteiger partial charge on any atom is -0.369 e. The normalized spacial score (nSPS) is 14.9. The van der Waals surface area contributed by atoms with E-state index in [1.54, 1.807) is 32.2 Å². The van der Waals surface area contributed by atoms with Crippen molar-refractivity contribution in [1.82, 2.24) is 14.9 Å². The quantitative estimate of drug-likeness (QED) is 0.482. The zero-order valence-electron chi connectivity index (χ0n) is 21.3. The Balaban J connectivity index is 1.47. The van der Waals surface area contributed by atoms with Crippen LogP contribution in [0.4, 0.5) is 21.7 Å². The van der Waals surface area contributed by atoms with Gasteiger partial charge in [-0.05, 0) is 69.3 Å². The van der Waals surface area contributed by atoms with E-state index in [0.29, 0.717) is 12.4 Å². The Hall–Kier alpha value is -3.04. The van der Waals surface area contributed by atoms with Gasteiger partial charge in [0, 0.05) is 55.7 Å². The molecule has 0 aliphatic carbocycles. The van der Waals surface area contributed by atoms with Crippen molar-refractivity contribution in [3.63, 3.8) is 0 Å². The standard InChI is InChI=1S/C27H34FN5O2S/c1-19(2)36(34,35)18-22-15-21(5-10-25(22)28)16-26-20(3)17-29-27(31-26)30-23-6-8-24(9-7-23)33-13-11-32(4)12-14-33/h5-10,15,17,19H,11-14,16,18H2,1-4H3,(H,29,30,31). The van der Waals surface area contributed by atoms with E-state index in [1.165, 1.54) is 11.8 Å². The first-order valence-electron chi connectivity index (χ1n) is 12.2. The number of rotatable bonds is 8. The molecule has 1 saturated heterocycles. The van der Waals surface area contributed by atoms with E-state index >= 15 is 0 Å². The number of halogens is 1. The first-order valence-corrected chi connectivity index (χ1v) is 13.9. The molecular formula is C27H34FN5O2S. The summed E-state index contributed by atoms with van der Waals surface area (Å²) in [5.74, 6) is -0.346. The molecule has 0 spiro atoms. The molecule has 7 nitrogen and oxygen atoms in total. The third kappa shape index (κ3) is 6.39. The third-order valence-electron chi connectivity index (χ3n) is 6.63. The van der Waals surface area contributed by atoms with Crippen LogP contribution in [0.5, 0.6) is 0 Å². The summed E-state index contributed by atoms with van der Waals surface area (Å²) in [6.07, 6.45) is 2.21. The van der Waals surface area contributed by atoms with Crippen molar-refractivity contribution in [3.8, 4) is 0 Å². The fraction of sp³-hybridized carbons (Fsp3) is 0.407. The van der Waals surface area contributed by atoms with E-state index in [-0.39, 0.29) is 11.3 Å². The van der Waals surface area contributed by atoms with Gasteiger partial charge in [0.25, 0.3) is 0 Å². The number of anilines is 3. The van der Waals surface area contributed by atoms with Crippen LogP contribution in [0.25, 0.3) is 0 Å². The van der Waals surface area contributed by atoms with Gasteiger partial charge in [-0.25, -0.2) is 22.8 Å². The van der Waals surface area contributed by atoms with Gasteiger partial charge in [0.2, 0.25) is 5.95 Å². The Morgan fingerprint density at radius 1 is 1.06 bits per heavy atom. The second-order valence-electron chi connectivity index (χ2n) is 9.74. The molecule has 2 aromatic carbocycles. The van der Waals surface area contributed by atoms with Crippen molar-refractivity contribution in [2.24, 2.45) is 0 Å². The average molecular weight is 512 g/mol. The largest absolute Gasteiger partial charge is 0.369 e. The molecule has 0 radical (unpaired) electrons. The first-order chi connectivity index (χ1) is 17.1. The van der Waals surface area contributed by atoms with Gasteiger partial charge in [-0.15, -0.1) is 0 Å². The van der Waals surface area contributed by atoms with Gasteiger partial charge in [0.1, 0.15) is 5.82 Å². The van der Waals surface area contributed by atoms with E-state index in [2.05, 4.69) is 44.3 Å². The second kappa shape index (κ2) is 10.9. The molecule has 36 heavy (non-hydrogen) atoms. The highest BCUT2D eigenvalue weighted by atomic mass is 32.2. The molecular weight excluding hydrogens is 477 g/mol. The van der Waals surface area contributed by atoms with Gasteiger partial charge in [-0.2, -0.15) is 0 Å².